The Morgan fingerprint density at radius 3 is 2.82 bits per heavy atom. The molecular weight excluding hydrogens is 320 g/mol. The Hall–Kier alpha value is -2.25. The molecule has 0 amide bonds. The number of amidine groups is 1. The lowest BCUT2D eigenvalue weighted by molar-refractivity contribution is 1.02. The molecule has 0 aliphatic rings. The van der Waals surface area contributed by atoms with Crippen molar-refractivity contribution in [3.8, 4) is 0 Å². The third-order valence-electron chi connectivity index (χ3n) is 2.79. The van der Waals surface area contributed by atoms with Crippen molar-refractivity contribution in [2.45, 2.75) is 13.8 Å². The van der Waals surface area contributed by atoms with Crippen molar-refractivity contribution in [3.05, 3.63) is 52.6 Å². The Bertz CT molecular complexity index is 731. The van der Waals surface area contributed by atoms with E-state index in [0.29, 0.717) is 10.8 Å². The van der Waals surface area contributed by atoms with Crippen LogP contribution in [0.2, 0.25) is 5.15 Å². The van der Waals surface area contributed by atoms with Crippen LogP contribution in [0.1, 0.15) is 16.8 Å². The molecule has 1 aromatic heterocycles. The Kier molecular flexibility index (Phi) is 5.24. The van der Waals surface area contributed by atoms with Gasteiger partial charge in [0, 0.05) is 5.69 Å². The first-order chi connectivity index (χ1) is 10.5. The molecule has 0 bridgehead atoms. The van der Waals surface area contributed by atoms with Gasteiger partial charge in [0.1, 0.15) is 10.8 Å². The van der Waals surface area contributed by atoms with Crippen molar-refractivity contribution in [2.75, 3.05) is 5.32 Å². The first kappa shape index (κ1) is 16.1. The van der Waals surface area contributed by atoms with Gasteiger partial charge in [-0.25, -0.2) is 4.98 Å². The van der Waals surface area contributed by atoms with Crippen LogP contribution in [-0.4, -0.2) is 20.9 Å². The van der Waals surface area contributed by atoms with E-state index in [1.807, 2.05) is 32.0 Å². The molecule has 4 N–H and O–H groups in total. The van der Waals surface area contributed by atoms with E-state index in [2.05, 4.69) is 25.8 Å². The maximum absolute atomic E-state index is 5.80. The molecule has 2 rings (SSSR count). The lowest BCUT2D eigenvalue weighted by Crippen LogP contribution is -2.28. The topological polar surface area (TPSA) is 88.2 Å². The molecule has 2 aromatic rings. The fourth-order valence-electron chi connectivity index (χ4n) is 1.65. The van der Waals surface area contributed by atoms with E-state index in [-0.39, 0.29) is 11.0 Å². The Morgan fingerprint density at radius 2 is 2.09 bits per heavy atom. The number of nitrogens with two attached hydrogens (primary N) is 1. The number of rotatable bonds is 3. The predicted octanol–water partition coefficient (Wildman–Crippen LogP) is 2.35. The summed E-state index contributed by atoms with van der Waals surface area (Å²) in [5.74, 6) is 0.139. The van der Waals surface area contributed by atoms with E-state index >= 15 is 0 Å². The highest BCUT2D eigenvalue weighted by Gasteiger charge is 2.04. The summed E-state index contributed by atoms with van der Waals surface area (Å²) in [4.78, 5) is 7.89. The molecule has 6 nitrogen and oxygen atoms in total. The van der Waals surface area contributed by atoms with Gasteiger partial charge in [-0.05, 0) is 43.3 Å². The molecule has 0 spiro atoms. The van der Waals surface area contributed by atoms with Gasteiger partial charge >= 0.3 is 0 Å². The summed E-state index contributed by atoms with van der Waals surface area (Å²) in [6.45, 7) is 4.00. The molecule has 0 unspecified atom stereocenters. The number of hydrogen-bond donors (Lipinski definition) is 3. The summed E-state index contributed by atoms with van der Waals surface area (Å²) in [6.07, 6.45) is 2.88. The molecule has 0 saturated carbocycles. The van der Waals surface area contributed by atoms with E-state index in [0.717, 1.165) is 16.8 Å². The standard InChI is InChI=1S/C14H15ClN6S/c1-8-3-4-9(2)10(5-8)19-14(22)21-20-13(16)11-6-17-7-12(15)18-11/h3-7H,1-2H3,(H2,16,20)(H2,19,21,22). The summed E-state index contributed by atoms with van der Waals surface area (Å²) in [5, 5.41) is 7.60. The summed E-state index contributed by atoms with van der Waals surface area (Å²) in [6, 6.07) is 6.04. The van der Waals surface area contributed by atoms with Gasteiger partial charge in [0.15, 0.2) is 10.9 Å². The van der Waals surface area contributed by atoms with Crippen LogP contribution in [0.25, 0.3) is 0 Å². The fraction of sp³-hybridized carbons (Fsp3) is 0.143. The van der Waals surface area contributed by atoms with Gasteiger partial charge in [0.05, 0.1) is 12.4 Å². The number of hydrazone groups is 1. The maximum Gasteiger partial charge on any atom is 0.191 e. The second-order valence-electron chi connectivity index (χ2n) is 4.61. The monoisotopic (exact) mass is 334 g/mol. The van der Waals surface area contributed by atoms with Crippen LogP contribution in [0, 0.1) is 13.8 Å². The van der Waals surface area contributed by atoms with Crippen LogP contribution in [0.3, 0.4) is 0 Å². The maximum atomic E-state index is 5.80. The SMILES string of the molecule is Cc1ccc(C)c(NC(=S)N/N=C(\N)c2cncc(Cl)n2)c1. The van der Waals surface area contributed by atoms with E-state index in [4.69, 9.17) is 29.6 Å². The van der Waals surface area contributed by atoms with E-state index in [1.165, 1.54) is 12.4 Å². The Balaban J connectivity index is 2.03. The summed E-state index contributed by atoms with van der Waals surface area (Å²) in [5.41, 5.74) is 12.0. The number of benzene rings is 1. The number of anilines is 1. The van der Waals surface area contributed by atoms with Crippen LogP contribution in [0.15, 0.2) is 35.7 Å². The van der Waals surface area contributed by atoms with Gasteiger partial charge in [0.25, 0.3) is 0 Å². The molecule has 22 heavy (non-hydrogen) atoms. The minimum atomic E-state index is 0.139. The molecule has 1 aromatic carbocycles. The molecule has 0 atom stereocenters. The third-order valence-corrected chi connectivity index (χ3v) is 3.16. The number of hydrogen-bond acceptors (Lipinski definition) is 4. The van der Waals surface area contributed by atoms with Crippen LogP contribution in [0.5, 0.6) is 0 Å². The van der Waals surface area contributed by atoms with Crippen LogP contribution < -0.4 is 16.5 Å². The average Bonchev–Trinajstić information content (AvgIpc) is 2.48. The number of halogens is 1. The molecule has 0 saturated heterocycles. The van der Waals surface area contributed by atoms with Crippen molar-refractivity contribution < 1.29 is 0 Å². The quantitative estimate of drug-likeness (QED) is 0.345. The molecule has 0 aliphatic carbocycles. The number of nitrogens with zero attached hydrogens (tertiary/aromatic N) is 3. The van der Waals surface area contributed by atoms with Gasteiger partial charge in [-0.2, -0.15) is 5.10 Å². The van der Waals surface area contributed by atoms with Gasteiger partial charge in [-0.1, -0.05) is 23.7 Å². The summed E-state index contributed by atoms with van der Waals surface area (Å²) in [7, 11) is 0. The van der Waals surface area contributed by atoms with Gasteiger partial charge < -0.3 is 11.1 Å². The van der Waals surface area contributed by atoms with Gasteiger partial charge in [-0.3, -0.25) is 10.4 Å². The lowest BCUT2D eigenvalue weighted by atomic mass is 10.1. The van der Waals surface area contributed by atoms with Crippen LogP contribution in [0.4, 0.5) is 5.69 Å². The van der Waals surface area contributed by atoms with E-state index in [1.54, 1.807) is 0 Å². The second kappa shape index (κ2) is 7.15. The number of thiocarbonyl (C=S) groups is 1. The molecule has 0 aliphatic heterocycles. The molecule has 0 fully saturated rings. The van der Waals surface area contributed by atoms with Crippen molar-refractivity contribution in [3.63, 3.8) is 0 Å². The molecular formula is C14H15ClN6S. The van der Waals surface area contributed by atoms with E-state index in [9.17, 15) is 0 Å². The minimum Gasteiger partial charge on any atom is -0.380 e. The fourth-order valence-corrected chi connectivity index (χ4v) is 1.96. The average molecular weight is 335 g/mol. The van der Waals surface area contributed by atoms with Crippen molar-refractivity contribution in [1.82, 2.24) is 15.4 Å². The zero-order chi connectivity index (χ0) is 16.1. The van der Waals surface area contributed by atoms with Crippen LogP contribution >= 0.6 is 23.8 Å². The largest absolute Gasteiger partial charge is 0.380 e. The molecule has 0 radical (unpaired) electrons. The molecule has 1 heterocycles. The highest BCUT2D eigenvalue weighted by Crippen LogP contribution is 2.16. The zero-order valence-corrected chi connectivity index (χ0v) is 13.7. The smallest absolute Gasteiger partial charge is 0.191 e. The summed E-state index contributed by atoms with van der Waals surface area (Å²) >= 11 is 10.9. The first-order valence-corrected chi connectivity index (χ1v) is 7.19. The van der Waals surface area contributed by atoms with E-state index < -0.39 is 0 Å². The number of aryl methyl sites for hydroxylation is 2. The molecule has 114 valence electrons. The highest BCUT2D eigenvalue weighted by atomic mass is 35.5. The normalized spacial score (nSPS) is 11.1. The van der Waals surface area contributed by atoms with Gasteiger partial charge in [0.2, 0.25) is 0 Å². The van der Waals surface area contributed by atoms with Gasteiger partial charge in [-0.15, -0.1) is 0 Å². The lowest BCUT2D eigenvalue weighted by Gasteiger charge is -2.11. The number of aromatic nitrogens is 2. The molecule has 8 heteroatoms. The minimum absolute atomic E-state index is 0.139. The Morgan fingerprint density at radius 1 is 1.32 bits per heavy atom. The van der Waals surface area contributed by atoms with Crippen molar-refractivity contribution >= 4 is 40.5 Å². The zero-order valence-electron chi connectivity index (χ0n) is 12.1. The Labute approximate surface area is 138 Å². The highest BCUT2D eigenvalue weighted by molar-refractivity contribution is 7.80. The second-order valence-corrected chi connectivity index (χ2v) is 5.40. The third kappa shape index (κ3) is 4.37. The van der Waals surface area contributed by atoms with Crippen molar-refractivity contribution in [1.29, 1.82) is 0 Å². The first-order valence-electron chi connectivity index (χ1n) is 6.41. The van der Waals surface area contributed by atoms with Crippen molar-refractivity contribution in [2.24, 2.45) is 10.8 Å². The van der Waals surface area contributed by atoms with Crippen LogP contribution in [-0.2, 0) is 0 Å². The number of nitrogens with one attached hydrogen (secondary N) is 2. The summed E-state index contributed by atoms with van der Waals surface area (Å²) < 4.78 is 0. The predicted molar refractivity (Wildman–Crippen MR) is 93.0 cm³/mol.